The van der Waals surface area contributed by atoms with E-state index in [1.165, 1.54) is 18.3 Å². The van der Waals surface area contributed by atoms with Gasteiger partial charge in [0, 0.05) is 17.7 Å². The Hall–Kier alpha value is -2.83. The van der Waals surface area contributed by atoms with Crippen LogP contribution in [0.1, 0.15) is 5.76 Å². The van der Waals surface area contributed by atoms with E-state index in [4.69, 9.17) is 27.6 Å². The minimum Gasteiger partial charge on any atom is -0.455 e. The second kappa shape index (κ2) is 7.38. The third-order valence-corrected chi connectivity index (χ3v) is 4.03. The number of anilines is 1. The highest BCUT2D eigenvalue weighted by atomic mass is 35.5. The zero-order valence-electron chi connectivity index (χ0n) is 12.6. The Morgan fingerprint density at radius 3 is 2.48 bits per heavy atom. The summed E-state index contributed by atoms with van der Waals surface area (Å²) in [6, 6.07) is 14.7. The van der Waals surface area contributed by atoms with Gasteiger partial charge in [0.1, 0.15) is 11.5 Å². The minimum absolute atomic E-state index is 0.0202. The Morgan fingerprint density at radius 2 is 1.80 bits per heavy atom. The van der Waals surface area contributed by atoms with Crippen LogP contribution in [0.2, 0.25) is 10.0 Å². The van der Waals surface area contributed by atoms with Crippen LogP contribution in [-0.2, 0) is 0 Å². The molecule has 0 amide bonds. The first-order valence-electron chi connectivity index (χ1n) is 7.12. The smallest absolute Gasteiger partial charge is 0.269 e. The molecule has 0 spiro atoms. The molecule has 0 saturated carbocycles. The number of nitro benzene ring substituents is 1. The molecule has 0 aliphatic carbocycles. The molecule has 0 unspecified atom stereocenters. The molecular weight excluding hydrogens is 365 g/mol. The molecule has 25 heavy (non-hydrogen) atoms. The van der Waals surface area contributed by atoms with Gasteiger partial charge in [0.05, 0.1) is 26.9 Å². The Balaban J connectivity index is 1.67. The van der Waals surface area contributed by atoms with Crippen molar-refractivity contribution < 1.29 is 9.34 Å². The molecule has 2 aromatic carbocycles. The SMILES string of the molecule is O=[N+]([O-])c1ccc(N/N=C\c2ccc(-c3ccc(Cl)c(Cl)c3)o2)cc1. The number of furan rings is 1. The molecule has 0 saturated heterocycles. The Labute approximate surface area is 152 Å². The quantitative estimate of drug-likeness (QED) is 0.357. The summed E-state index contributed by atoms with van der Waals surface area (Å²) in [6.07, 6.45) is 1.50. The van der Waals surface area contributed by atoms with Crippen molar-refractivity contribution in [1.29, 1.82) is 0 Å². The second-order valence-corrected chi connectivity index (χ2v) is 5.82. The van der Waals surface area contributed by atoms with Crippen LogP contribution < -0.4 is 5.43 Å². The van der Waals surface area contributed by atoms with Crippen molar-refractivity contribution in [2.24, 2.45) is 5.10 Å². The number of benzene rings is 2. The van der Waals surface area contributed by atoms with Crippen LogP contribution >= 0.6 is 23.2 Å². The largest absolute Gasteiger partial charge is 0.455 e. The predicted octanol–water partition coefficient (Wildman–Crippen LogP) is 5.61. The zero-order valence-corrected chi connectivity index (χ0v) is 14.2. The van der Waals surface area contributed by atoms with Crippen LogP contribution in [0.5, 0.6) is 0 Å². The molecule has 6 nitrogen and oxygen atoms in total. The maximum atomic E-state index is 10.6. The normalized spacial score (nSPS) is 11.0. The van der Waals surface area contributed by atoms with Gasteiger partial charge >= 0.3 is 0 Å². The fourth-order valence-corrected chi connectivity index (χ4v) is 2.35. The average molecular weight is 376 g/mol. The first kappa shape index (κ1) is 17.0. The van der Waals surface area contributed by atoms with Crippen molar-refractivity contribution in [1.82, 2.24) is 0 Å². The van der Waals surface area contributed by atoms with Gasteiger partial charge in [-0.15, -0.1) is 0 Å². The molecule has 0 fully saturated rings. The van der Waals surface area contributed by atoms with Crippen molar-refractivity contribution in [3.63, 3.8) is 0 Å². The molecule has 3 rings (SSSR count). The lowest BCUT2D eigenvalue weighted by atomic mass is 10.2. The highest BCUT2D eigenvalue weighted by Crippen LogP contribution is 2.29. The maximum absolute atomic E-state index is 10.6. The predicted molar refractivity (Wildman–Crippen MR) is 98.5 cm³/mol. The van der Waals surface area contributed by atoms with E-state index >= 15 is 0 Å². The van der Waals surface area contributed by atoms with Crippen LogP contribution in [0, 0.1) is 10.1 Å². The first-order valence-corrected chi connectivity index (χ1v) is 7.87. The molecule has 0 radical (unpaired) electrons. The number of hydrogen-bond donors (Lipinski definition) is 1. The standard InChI is InChI=1S/C17H11Cl2N3O3/c18-15-7-1-11(9-16(15)19)17-8-6-14(25-17)10-20-21-12-2-4-13(5-3-12)22(23)24/h1-10,21H/b20-10-. The van der Waals surface area contributed by atoms with E-state index in [1.807, 2.05) is 6.07 Å². The van der Waals surface area contributed by atoms with E-state index in [2.05, 4.69) is 10.5 Å². The molecule has 0 aliphatic rings. The number of halogens is 2. The Kier molecular flexibility index (Phi) is 5.02. The van der Waals surface area contributed by atoms with Gasteiger partial charge in [-0.2, -0.15) is 5.10 Å². The number of nitrogens with one attached hydrogen (secondary N) is 1. The van der Waals surface area contributed by atoms with E-state index in [1.54, 1.807) is 36.4 Å². The third-order valence-electron chi connectivity index (χ3n) is 3.29. The van der Waals surface area contributed by atoms with E-state index in [0.29, 0.717) is 27.3 Å². The van der Waals surface area contributed by atoms with E-state index in [0.717, 1.165) is 5.56 Å². The highest BCUT2D eigenvalue weighted by Gasteiger charge is 2.06. The molecule has 8 heteroatoms. The molecule has 1 heterocycles. The van der Waals surface area contributed by atoms with Crippen molar-refractivity contribution in [2.75, 3.05) is 5.43 Å². The summed E-state index contributed by atoms with van der Waals surface area (Å²) in [6.45, 7) is 0. The molecule has 0 atom stereocenters. The summed E-state index contributed by atoms with van der Waals surface area (Å²) < 4.78 is 5.67. The van der Waals surface area contributed by atoms with Gasteiger partial charge in [0.25, 0.3) is 5.69 Å². The first-order chi connectivity index (χ1) is 12.0. The van der Waals surface area contributed by atoms with Crippen molar-refractivity contribution in [3.05, 3.63) is 80.5 Å². The van der Waals surface area contributed by atoms with Gasteiger partial charge in [-0.3, -0.25) is 15.5 Å². The number of rotatable bonds is 5. The Bertz CT molecular complexity index is 937. The van der Waals surface area contributed by atoms with Gasteiger partial charge in [0.15, 0.2) is 0 Å². The van der Waals surface area contributed by atoms with E-state index in [9.17, 15) is 10.1 Å². The molecule has 0 bridgehead atoms. The minimum atomic E-state index is -0.458. The van der Waals surface area contributed by atoms with Gasteiger partial charge in [0.2, 0.25) is 0 Å². The zero-order chi connectivity index (χ0) is 17.8. The van der Waals surface area contributed by atoms with Crippen LogP contribution in [0.25, 0.3) is 11.3 Å². The average Bonchev–Trinajstić information content (AvgIpc) is 3.07. The van der Waals surface area contributed by atoms with Crippen LogP contribution in [0.4, 0.5) is 11.4 Å². The van der Waals surface area contributed by atoms with Gasteiger partial charge in [-0.25, -0.2) is 0 Å². The third kappa shape index (κ3) is 4.17. The number of nitro groups is 1. The Morgan fingerprint density at radius 1 is 1.04 bits per heavy atom. The van der Waals surface area contributed by atoms with Crippen molar-refractivity contribution in [3.8, 4) is 11.3 Å². The summed E-state index contributed by atoms with van der Waals surface area (Å²) in [5.74, 6) is 1.17. The lowest BCUT2D eigenvalue weighted by molar-refractivity contribution is -0.384. The lowest BCUT2D eigenvalue weighted by Crippen LogP contribution is -1.91. The van der Waals surface area contributed by atoms with Crippen LogP contribution in [-0.4, -0.2) is 11.1 Å². The molecule has 0 aliphatic heterocycles. The summed E-state index contributed by atoms with van der Waals surface area (Å²) in [5.41, 5.74) is 4.22. The van der Waals surface area contributed by atoms with Gasteiger partial charge < -0.3 is 4.42 Å². The number of hydrazone groups is 1. The van der Waals surface area contributed by atoms with Crippen molar-refractivity contribution in [2.45, 2.75) is 0 Å². The number of nitrogens with zero attached hydrogens (tertiary/aromatic N) is 2. The molecule has 3 aromatic rings. The van der Waals surface area contributed by atoms with Crippen LogP contribution in [0.15, 0.2) is 64.1 Å². The maximum Gasteiger partial charge on any atom is 0.269 e. The second-order valence-electron chi connectivity index (χ2n) is 5.00. The lowest BCUT2D eigenvalue weighted by Gasteiger charge is -2.00. The van der Waals surface area contributed by atoms with E-state index in [-0.39, 0.29) is 5.69 Å². The highest BCUT2D eigenvalue weighted by molar-refractivity contribution is 6.42. The summed E-state index contributed by atoms with van der Waals surface area (Å²) >= 11 is 11.9. The van der Waals surface area contributed by atoms with Gasteiger partial charge in [-0.05, 0) is 42.5 Å². The van der Waals surface area contributed by atoms with Crippen LogP contribution in [0.3, 0.4) is 0 Å². The molecule has 1 aromatic heterocycles. The van der Waals surface area contributed by atoms with E-state index < -0.39 is 4.92 Å². The monoisotopic (exact) mass is 375 g/mol. The van der Waals surface area contributed by atoms with Gasteiger partial charge in [-0.1, -0.05) is 23.2 Å². The summed E-state index contributed by atoms with van der Waals surface area (Å²) in [7, 11) is 0. The van der Waals surface area contributed by atoms with Crippen molar-refractivity contribution >= 4 is 40.8 Å². The molecule has 126 valence electrons. The topological polar surface area (TPSA) is 80.7 Å². The molecule has 1 N–H and O–H groups in total. The molecular formula is C17H11Cl2N3O3. The summed E-state index contributed by atoms with van der Waals surface area (Å²) in [4.78, 5) is 10.1. The fourth-order valence-electron chi connectivity index (χ4n) is 2.05. The number of non-ortho nitro benzene ring substituents is 1. The summed E-state index contributed by atoms with van der Waals surface area (Å²) in [5, 5.41) is 15.6. The fraction of sp³-hybridized carbons (Fsp3) is 0. The number of hydrogen-bond acceptors (Lipinski definition) is 5.